The lowest BCUT2D eigenvalue weighted by atomic mass is 10.1. The molecule has 1 N–H and O–H groups in total. The summed E-state index contributed by atoms with van der Waals surface area (Å²) in [6.07, 6.45) is 3.61. The number of carbonyl (C=O) groups is 1. The topological polar surface area (TPSA) is 49.0 Å². The Morgan fingerprint density at radius 2 is 2.20 bits per heavy atom. The first-order chi connectivity index (χ1) is 9.65. The molecule has 0 atom stereocenters. The summed E-state index contributed by atoms with van der Waals surface area (Å²) in [6, 6.07) is 7.83. The van der Waals surface area contributed by atoms with E-state index in [1.54, 1.807) is 22.4 Å². The fraction of sp³-hybridized carbons (Fsp3) is 0.200. The molecule has 0 saturated heterocycles. The third-order valence-corrected chi connectivity index (χ3v) is 4.13. The van der Waals surface area contributed by atoms with E-state index in [9.17, 15) is 4.79 Å². The smallest absolute Gasteiger partial charge is 0.256 e. The summed E-state index contributed by atoms with van der Waals surface area (Å²) in [6.45, 7) is 2.56. The third-order valence-electron chi connectivity index (χ3n) is 3.23. The van der Waals surface area contributed by atoms with Crippen LogP contribution in [0.25, 0.3) is 10.9 Å². The Kier molecular flexibility index (Phi) is 3.28. The summed E-state index contributed by atoms with van der Waals surface area (Å²) in [7, 11) is 1.82. The highest BCUT2D eigenvalue weighted by Gasteiger charge is 2.16. The molecule has 0 spiro atoms. The Bertz CT molecular complexity index is 759. The van der Waals surface area contributed by atoms with Crippen LogP contribution in [0.3, 0.4) is 0 Å². The predicted molar refractivity (Wildman–Crippen MR) is 80.9 cm³/mol. The van der Waals surface area contributed by atoms with Crippen LogP contribution < -0.4 is 0 Å². The molecule has 0 aliphatic heterocycles. The van der Waals surface area contributed by atoms with E-state index in [-0.39, 0.29) is 5.91 Å². The van der Waals surface area contributed by atoms with Crippen LogP contribution in [0.15, 0.2) is 36.7 Å². The summed E-state index contributed by atoms with van der Waals surface area (Å²) < 4.78 is 0. The van der Waals surface area contributed by atoms with E-state index in [4.69, 9.17) is 0 Å². The van der Waals surface area contributed by atoms with Gasteiger partial charge >= 0.3 is 0 Å². The van der Waals surface area contributed by atoms with Crippen LogP contribution in [0.5, 0.6) is 0 Å². The minimum Gasteiger partial charge on any atom is -0.360 e. The minimum atomic E-state index is 0.0218. The number of H-pyrrole nitrogens is 1. The number of hydrogen-bond donors (Lipinski definition) is 1. The van der Waals surface area contributed by atoms with Crippen molar-refractivity contribution >= 4 is 28.1 Å². The normalized spacial score (nSPS) is 10.9. The number of aromatic amines is 1. The number of nitrogens with zero attached hydrogens (tertiary/aromatic N) is 2. The lowest BCUT2D eigenvalue weighted by Gasteiger charge is -2.15. The highest BCUT2D eigenvalue weighted by atomic mass is 32.1. The summed E-state index contributed by atoms with van der Waals surface area (Å²) in [4.78, 5) is 22.7. The largest absolute Gasteiger partial charge is 0.360 e. The average Bonchev–Trinajstić information content (AvgIpc) is 3.04. The number of hydrogen-bond acceptors (Lipinski definition) is 3. The highest BCUT2D eigenvalue weighted by molar-refractivity contribution is 7.11. The van der Waals surface area contributed by atoms with E-state index in [0.29, 0.717) is 12.1 Å². The highest BCUT2D eigenvalue weighted by Crippen LogP contribution is 2.20. The molecule has 3 aromatic rings. The van der Waals surface area contributed by atoms with E-state index >= 15 is 0 Å². The van der Waals surface area contributed by atoms with Gasteiger partial charge < -0.3 is 9.88 Å². The van der Waals surface area contributed by atoms with Crippen molar-refractivity contribution in [1.82, 2.24) is 14.9 Å². The van der Waals surface area contributed by atoms with Gasteiger partial charge in [-0.15, -0.1) is 11.3 Å². The Labute approximate surface area is 121 Å². The molecule has 0 radical (unpaired) electrons. The fourth-order valence-corrected chi connectivity index (χ4v) is 3.09. The van der Waals surface area contributed by atoms with Crippen LogP contribution >= 0.6 is 11.3 Å². The Morgan fingerprint density at radius 1 is 1.40 bits per heavy atom. The Morgan fingerprint density at radius 3 is 2.95 bits per heavy atom. The average molecular weight is 285 g/mol. The van der Waals surface area contributed by atoms with Crippen molar-refractivity contribution < 1.29 is 4.79 Å². The van der Waals surface area contributed by atoms with Crippen LogP contribution in [0.2, 0.25) is 0 Å². The number of aryl methyl sites for hydroxylation is 1. The van der Waals surface area contributed by atoms with Gasteiger partial charge in [0, 0.05) is 35.2 Å². The molecular weight excluding hydrogens is 270 g/mol. The van der Waals surface area contributed by atoms with E-state index in [0.717, 1.165) is 20.8 Å². The zero-order chi connectivity index (χ0) is 14.1. The van der Waals surface area contributed by atoms with Gasteiger partial charge in [0.05, 0.1) is 17.1 Å². The lowest BCUT2D eigenvalue weighted by molar-refractivity contribution is 0.0788. The molecule has 102 valence electrons. The maximum atomic E-state index is 12.5. The van der Waals surface area contributed by atoms with Gasteiger partial charge in [-0.1, -0.05) is 18.2 Å². The quantitative estimate of drug-likeness (QED) is 0.803. The second kappa shape index (κ2) is 5.09. The summed E-state index contributed by atoms with van der Waals surface area (Å²) in [5.41, 5.74) is 1.70. The van der Waals surface area contributed by atoms with Crippen molar-refractivity contribution in [1.29, 1.82) is 0 Å². The molecule has 4 nitrogen and oxygen atoms in total. The number of rotatable bonds is 3. The number of fused-ring (bicyclic) bond motifs is 1. The van der Waals surface area contributed by atoms with Gasteiger partial charge in [0.25, 0.3) is 5.91 Å². The monoisotopic (exact) mass is 285 g/mol. The van der Waals surface area contributed by atoms with Crippen LogP contribution in [0.4, 0.5) is 0 Å². The van der Waals surface area contributed by atoms with Crippen molar-refractivity contribution in [3.63, 3.8) is 0 Å². The maximum Gasteiger partial charge on any atom is 0.256 e. The molecule has 1 amide bonds. The van der Waals surface area contributed by atoms with Gasteiger partial charge in [-0.3, -0.25) is 4.79 Å². The maximum absolute atomic E-state index is 12.5. The first-order valence-electron chi connectivity index (χ1n) is 6.38. The molecular formula is C15H15N3OS. The number of nitrogens with one attached hydrogen (secondary N) is 1. The third kappa shape index (κ3) is 2.32. The van der Waals surface area contributed by atoms with Crippen LogP contribution in [-0.4, -0.2) is 27.8 Å². The number of carbonyl (C=O) groups excluding carboxylic acids is 1. The number of para-hydroxylation sites is 1. The second-order valence-corrected chi connectivity index (χ2v) is 6.07. The first kappa shape index (κ1) is 12.9. The number of amides is 1. The zero-order valence-corrected chi connectivity index (χ0v) is 12.2. The summed E-state index contributed by atoms with van der Waals surface area (Å²) in [5.74, 6) is 0.0218. The van der Waals surface area contributed by atoms with E-state index < -0.39 is 0 Å². The molecule has 2 aromatic heterocycles. The predicted octanol–water partition coefficient (Wildman–Crippen LogP) is 3.21. The fourth-order valence-electron chi connectivity index (χ4n) is 2.24. The first-order valence-corrected chi connectivity index (χ1v) is 7.19. The van der Waals surface area contributed by atoms with Gasteiger partial charge in [-0.25, -0.2) is 4.98 Å². The van der Waals surface area contributed by atoms with Gasteiger partial charge in [0.15, 0.2) is 0 Å². The molecule has 0 saturated carbocycles. The Hall–Kier alpha value is -2.14. The summed E-state index contributed by atoms with van der Waals surface area (Å²) >= 11 is 1.62. The van der Waals surface area contributed by atoms with Gasteiger partial charge in [0.2, 0.25) is 0 Å². The van der Waals surface area contributed by atoms with Crippen molar-refractivity contribution in [3.8, 4) is 0 Å². The second-order valence-electron chi connectivity index (χ2n) is 4.75. The SMILES string of the molecule is Cc1ncc(CN(C)C(=O)c2c[nH]c3ccccc23)s1. The van der Waals surface area contributed by atoms with Crippen molar-refractivity contribution in [2.45, 2.75) is 13.5 Å². The number of benzene rings is 1. The minimum absolute atomic E-state index is 0.0218. The molecule has 5 heteroatoms. The van der Waals surface area contributed by atoms with E-state index in [1.807, 2.05) is 44.4 Å². The van der Waals surface area contributed by atoms with Gasteiger partial charge in [-0.05, 0) is 13.0 Å². The molecule has 1 aromatic carbocycles. The van der Waals surface area contributed by atoms with Crippen molar-refractivity contribution in [3.05, 3.63) is 52.1 Å². The zero-order valence-electron chi connectivity index (χ0n) is 11.4. The van der Waals surface area contributed by atoms with Gasteiger partial charge in [0.1, 0.15) is 0 Å². The van der Waals surface area contributed by atoms with E-state index in [2.05, 4.69) is 9.97 Å². The molecule has 20 heavy (non-hydrogen) atoms. The van der Waals surface area contributed by atoms with Crippen molar-refractivity contribution in [2.75, 3.05) is 7.05 Å². The molecule has 2 heterocycles. The molecule has 0 fully saturated rings. The number of aromatic nitrogens is 2. The van der Waals surface area contributed by atoms with Gasteiger partial charge in [-0.2, -0.15) is 0 Å². The molecule has 0 aliphatic rings. The standard InChI is InChI=1S/C15H15N3OS/c1-10-16-7-11(20-10)9-18(2)15(19)13-8-17-14-6-4-3-5-12(13)14/h3-8,17H,9H2,1-2H3. The van der Waals surface area contributed by atoms with Crippen LogP contribution in [-0.2, 0) is 6.54 Å². The lowest BCUT2D eigenvalue weighted by Crippen LogP contribution is -2.25. The van der Waals surface area contributed by atoms with Crippen LogP contribution in [0, 0.1) is 6.92 Å². The molecule has 0 aliphatic carbocycles. The van der Waals surface area contributed by atoms with E-state index in [1.165, 1.54) is 0 Å². The van der Waals surface area contributed by atoms with Crippen molar-refractivity contribution in [2.24, 2.45) is 0 Å². The summed E-state index contributed by atoms with van der Waals surface area (Å²) in [5, 5.41) is 1.98. The number of thiazole rings is 1. The van der Waals surface area contributed by atoms with Crippen LogP contribution in [0.1, 0.15) is 20.2 Å². The molecule has 3 rings (SSSR count). The molecule has 0 bridgehead atoms. The molecule has 0 unspecified atom stereocenters. The Balaban J connectivity index is 1.84.